The molecule has 2 rings (SSSR count). The van der Waals surface area contributed by atoms with Crippen molar-refractivity contribution in [1.82, 2.24) is 0 Å². The van der Waals surface area contributed by atoms with Crippen LogP contribution in [0.5, 0.6) is 0 Å². The van der Waals surface area contributed by atoms with Crippen molar-refractivity contribution in [3.8, 4) is 0 Å². The summed E-state index contributed by atoms with van der Waals surface area (Å²) in [5.74, 6) is -0.681. The molecule has 0 fully saturated rings. The van der Waals surface area contributed by atoms with E-state index in [0.29, 0.717) is 0 Å². The Bertz CT molecular complexity index is 646. The molecule has 6 nitrogen and oxygen atoms in total. The predicted octanol–water partition coefficient (Wildman–Crippen LogP) is 5.60. The van der Waals surface area contributed by atoms with Crippen LogP contribution in [0.25, 0.3) is 0 Å². The normalized spacial score (nSPS) is 15.7. The van der Waals surface area contributed by atoms with Crippen LogP contribution in [0.4, 0.5) is 0 Å². The maximum atomic E-state index is 11.2. The number of hydrogen-bond donors (Lipinski definition) is 1. The van der Waals surface area contributed by atoms with Gasteiger partial charge in [0.05, 0.1) is 5.56 Å². The molecule has 0 aromatic heterocycles. The van der Waals surface area contributed by atoms with Crippen LogP contribution in [0.2, 0.25) is 0 Å². The van der Waals surface area contributed by atoms with E-state index < -0.39 is 22.7 Å². The first kappa shape index (κ1) is 23.6. The van der Waals surface area contributed by atoms with Gasteiger partial charge in [-0.05, 0) is 6.07 Å². The summed E-state index contributed by atoms with van der Waals surface area (Å²) in [5, 5.41) is 0. The first-order valence-electron chi connectivity index (χ1n) is 9.84. The van der Waals surface area contributed by atoms with Gasteiger partial charge in [0.25, 0.3) is 0 Å². The molecule has 1 aromatic rings. The fraction of sp³-hybridized carbons (Fsp3) is 0.650. The summed E-state index contributed by atoms with van der Waals surface area (Å²) in [6.45, 7) is 4.56. The summed E-state index contributed by atoms with van der Waals surface area (Å²) in [5.41, 5.74) is 0.506. The molecule has 0 spiro atoms. The van der Waals surface area contributed by atoms with E-state index >= 15 is 0 Å². The van der Waals surface area contributed by atoms with Gasteiger partial charge in [0.2, 0.25) is 6.29 Å². The molecule has 1 atom stereocenters. The fourth-order valence-corrected chi connectivity index (χ4v) is 3.22. The number of hydrogen-bond acceptors (Lipinski definition) is 5. The smallest absolute Gasteiger partial charge is 0.400 e. The Morgan fingerprint density at radius 2 is 1.41 bits per heavy atom. The number of unbranched alkanes of at least 4 members (excludes halogenated alkanes) is 9. The Morgan fingerprint density at radius 1 is 0.926 bits per heavy atom. The lowest BCUT2D eigenvalue weighted by atomic mass is 10.1. The number of cyclic esters (lactones) is 1. The van der Waals surface area contributed by atoms with Crippen LogP contribution in [-0.4, -0.2) is 18.9 Å². The Morgan fingerprint density at radius 3 is 1.89 bits per heavy atom. The van der Waals surface area contributed by atoms with Gasteiger partial charge in [-0.1, -0.05) is 96.3 Å². The highest BCUT2D eigenvalue weighted by Gasteiger charge is 2.34. The summed E-state index contributed by atoms with van der Waals surface area (Å²) >= 11 is 0. The van der Waals surface area contributed by atoms with Crippen molar-refractivity contribution >= 4 is 16.4 Å². The molecule has 154 valence electrons. The molecular formula is C20H32O6S. The summed E-state index contributed by atoms with van der Waals surface area (Å²) in [4.78, 5) is 11.2. The molecule has 1 heterocycles. The molecule has 27 heavy (non-hydrogen) atoms. The number of ether oxygens (including phenoxy) is 1. The van der Waals surface area contributed by atoms with E-state index in [1.165, 1.54) is 76.3 Å². The Hall–Kier alpha value is -1.44. The molecule has 0 saturated carbocycles. The van der Waals surface area contributed by atoms with Crippen LogP contribution in [0.15, 0.2) is 24.3 Å². The zero-order valence-corrected chi connectivity index (χ0v) is 17.2. The first-order valence-corrected chi connectivity index (χ1v) is 11.2. The van der Waals surface area contributed by atoms with Gasteiger partial charge in [-0.25, -0.2) is 8.98 Å². The van der Waals surface area contributed by atoms with Gasteiger partial charge < -0.3 is 4.74 Å². The van der Waals surface area contributed by atoms with Gasteiger partial charge in [-0.15, -0.1) is 0 Å². The lowest BCUT2D eigenvalue weighted by Crippen LogP contribution is -2.10. The van der Waals surface area contributed by atoms with Crippen molar-refractivity contribution in [2.75, 3.05) is 0 Å². The molecule has 1 aliphatic heterocycles. The summed E-state index contributed by atoms with van der Waals surface area (Å²) in [7, 11) is -4.65. The molecule has 7 heteroatoms. The van der Waals surface area contributed by atoms with Crippen molar-refractivity contribution in [2.24, 2.45) is 0 Å². The van der Waals surface area contributed by atoms with Crippen LogP contribution in [0.1, 0.15) is 100 Å². The third kappa shape index (κ3) is 9.89. The third-order valence-corrected chi connectivity index (χ3v) is 4.73. The maximum absolute atomic E-state index is 11.2. The quantitative estimate of drug-likeness (QED) is 0.295. The van der Waals surface area contributed by atoms with E-state index in [1.807, 2.05) is 0 Å². The molecule has 0 saturated heterocycles. The summed E-state index contributed by atoms with van der Waals surface area (Å²) < 4.78 is 38.1. The van der Waals surface area contributed by atoms with Crippen LogP contribution >= 0.6 is 0 Å². The minimum Gasteiger partial charge on any atom is -0.426 e. The second kappa shape index (κ2) is 12.9. The van der Waals surface area contributed by atoms with Crippen LogP contribution in [0, 0.1) is 0 Å². The van der Waals surface area contributed by atoms with Gasteiger partial charge in [0.15, 0.2) is 0 Å². The van der Waals surface area contributed by atoms with Gasteiger partial charge in [0.1, 0.15) is 0 Å². The Labute approximate surface area is 163 Å². The lowest BCUT2D eigenvalue weighted by Gasteiger charge is -2.07. The maximum Gasteiger partial charge on any atom is 0.400 e. The van der Waals surface area contributed by atoms with Gasteiger partial charge in [-0.3, -0.25) is 4.55 Å². The molecular weight excluding hydrogens is 368 g/mol. The standard InChI is InChI=1S/C12H26.C8H6O6S/c1-3-5-7-9-11-12-10-8-6-4-2;9-7-5-3-1-2-4-6(5)8(13-7)14-15(10,11)12/h3-12H2,1-2H3;1-4,8H,(H,10,11,12). The number of carbonyl (C=O) groups excluding carboxylic acids is 1. The van der Waals surface area contributed by atoms with Crippen molar-refractivity contribution < 1.29 is 26.7 Å². The van der Waals surface area contributed by atoms with Crippen LogP contribution in [-0.2, 0) is 19.3 Å². The molecule has 1 aromatic carbocycles. The molecule has 0 radical (unpaired) electrons. The molecule has 1 N–H and O–H groups in total. The van der Waals surface area contributed by atoms with Crippen molar-refractivity contribution in [3.05, 3.63) is 35.4 Å². The van der Waals surface area contributed by atoms with E-state index in [-0.39, 0.29) is 11.1 Å². The number of carbonyl (C=O) groups is 1. The predicted molar refractivity (Wildman–Crippen MR) is 105 cm³/mol. The number of benzene rings is 1. The highest BCUT2D eigenvalue weighted by Crippen LogP contribution is 2.31. The Balaban J connectivity index is 0.000000279. The number of fused-ring (bicyclic) bond motifs is 1. The second-order valence-electron chi connectivity index (χ2n) is 6.68. The molecule has 1 aliphatic rings. The van der Waals surface area contributed by atoms with Gasteiger partial charge in [0, 0.05) is 5.56 Å². The van der Waals surface area contributed by atoms with Gasteiger partial charge >= 0.3 is 16.4 Å². The van der Waals surface area contributed by atoms with Crippen LogP contribution in [0.3, 0.4) is 0 Å². The molecule has 0 aliphatic carbocycles. The van der Waals surface area contributed by atoms with E-state index in [4.69, 9.17) is 4.55 Å². The average molecular weight is 401 g/mol. The second-order valence-corrected chi connectivity index (χ2v) is 7.72. The van der Waals surface area contributed by atoms with Crippen molar-refractivity contribution in [1.29, 1.82) is 0 Å². The zero-order chi connectivity index (χ0) is 20.1. The average Bonchev–Trinajstić information content (AvgIpc) is 2.92. The largest absolute Gasteiger partial charge is 0.426 e. The van der Waals surface area contributed by atoms with Crippen molar-refractivity contribution in [2.45, 2.75) is 84.3 Å². The van der Waals surface area contributed by atoms with E-state index in [0.717, 1.165) is 0 Å². The SMILES string of the molecule is CCCCCCCCCCCC.O=C1OC(OS(=O)(=O)O)c2ccccc21. The molecule has 0 amide bonds. The summed E-state index contributed by atoms with van der Waals surface area (Å²) in [6.07, 6.45) is 13.0. The molecule has 1 unspecified atom stereocenters. The number of esters is 1. The van der Waals surface area contributed by atoms with Gasteiger partial charge in [-0.2, -0.15) is 8.42 Å². The van der Waals surface area contributed by atoms with Crippen molar-refractivity contribution in [3.63, 3.8) is 0 Å². The molecule has 0 bridgehead atoms. The minimum atomic E-state index is -4.65. The lowest BCUT2D eigenvalue weighted by molar-refractivity contribution is -0.0394. The third-order valence-electron chi connectivity index (χ3n) is 4.31. The van der Waals surface area contributed by atoms with E-state index in [2.05, 4.69) is 22.8 Å². The fourth-order valence-electron chi connectivity index (χ4n) is 2.86. The van der Waals surface area contributed by atoms with E-state index in [1.54, 1.807) is 12.1 Å². The number of rotatable bonds is 11. The monoisotopic (exact) mass is 400 g/mol. The minimum absolute atomic E-state index is 0.228. The highest BCUT2D eigenvalue weighted by molar-refractivity contribution is 7.80. The van der Waals surface area contributed by atoms with E-state index in [9.17, 15) is 13.2 Å². The zero-order valence-electron chi connectivity index (χ0n) is 16.4. The Kier molecular flexibility index (Phi) is 11.2. The summed E-state index contributed by atoms with van der Waals surface area (Å²) in [6, 6.07) is 6.16. The first-order chi connectivity index (χ1) is 12.9. The highest BCUT2D eigenvalue weighted by atomic mass is 32.3. The topological polar surface area (TPSA) is 89.9 Å². The van der Waals surface area contributed by atoms with Crippen LogP contribution < -0.4 is 0 Å².